The molecule has 2 rings (SSSR count). The third kappa shape index (κ3) is 5.07. The molecule has 0 fully saturated rings. The van der Waals surface area contributed by atoms with Crippen molar-refractivity contribution in [3.63, 3.8) is 0 Å². The molecule has 0 saturated heterocycles. The van der Waals surface area contributed by atoms with Crippen molar-refractivity contribution in [3.8, 4) is 11.5 Å². The van der Waals surface area contributed by atoms with Crippen molar-refractivity contribution in [3.05, 3.63) is 48.0 Å². The van der Waals surface area contributed by atoms with Crippen LogP contribution in [0.4, 0.5) is 5.69 Å². The number of methoxy groups -OCH3 is 2. The van der Waals surface area contributed by atoms with Crippen LogP contribution in [0.3, 0.4) is 0 Å². The first-order chi connectivity index (χ1) is 12.9. The van der Waals surface area contributed by atoms with E-state index in [1.54, 1.807) is 36.4 Å². The van der Waals surface area contributed by atoms with Gasteiger partial charge >= 0.3 is 5.97 Å². The van der Waals surface area contributed by atoms with Crippen molar-refractivity contribution >= 4 is 28.4 Å². The van der Waals surface area contributed by atoms with Gasteiger partial charge in [-0.2, -0.15) is 0 Å². The fourth-order valence-corrected chi connectivity index (χ4v) is 3.05. The zero-order valence-corrected chi connectivity index (χ0v) is 16.3. The van der Waals surface area contributed by atoms with Crippen LogP contribution in [0, 0.1) is 0 Å². The number of carbonyl (C=O) groups excluding carboxylic acids is 2. The Morgan fingerprint density at radius 2 is 1.70 bits per heavy atom. The maximum atomic E-state index is 12.3. The smallest absolute Gasteiger partial charge is 0.340 e. The van der Waals surface area contributed by atoms with Crippen molar-refractivity contribution in [2.75, 3.05) is 25.8 Å². The van der Waals surface area contributed by atoms with E-state index in [9.17, 15) is 13.8 Å². The Labute approximate surface area is 160 Å². The van der Waals surface area contributed by atoms with E-state index in [-0.39, 0.29) is 5.56 Å². The van der Waals surface area contributed by atoms with Gasteiger partial charge in [-0.3, -0.25) is 9.00 Å². The molecule has 7 nitrogen and oxygen atoms in total. The molecule has 0 radical (unpaired) electrons. The number of carbonyl (C=O) groups is 2. The molecule has 1 amide bonds. The van der Waals surface area contributed by atoms with Crippen LogP contribution in [-0.4, -0.2) is 42.7 Å². The molecule has 2 atom stereocenters. The molecule has 0 aliphatic carbocycles. The number of rotatable bonds is 7. The zero-order valence-electron chi connectivity index (χ0n) is 15.5. The van der Waals surface area contributed by atoms with Crippen molar-refractivity contribution in [1.82, 2.24) is 0 Å². The van der Waals surface area contributed by atoms with E-state index in [4.69, 9.17) is 14.2 Å². The van der Waals surface area contributed by atoms with Crippen molar-refractivity contribution in [2.24, 2.45) is 0 Å². The molecule has 0 heterocycles. The van der Waals surface area contributed by atoms with E-state index in [0.29, 0.717) is 22.1 Å². The molecule has 0 bridgehead atoms. The summed E-state index contributed by atoms with van der Waals surface area (Å²) in [4.78, 5) is 25.0. The summed E-state index contributed by atoms with van der Waals surface area (Å²) in [5.74, 6) is -0.236. The average Bonchev–Trinajstić information content (AvgIpc) is 2.67. The molecule has 0 unspecified atom stereocenters. The van der Waals surface area contributed by atoms with Gasteiger partial charge in [0.25, 0.3) is 5.91 Å². The lowest BCUT2D eigenvalue weighted by Crippen LogP contribution is -2.30. The Balaban J connectivity index is 2.08. The fourth-order valence-electron chi connectivity index (χ4n) is 2.32. The van der Waals surface area contributed by atoms with Crippen LogP contribution in [0.15, 0.2) is 47.4 Å². The third-order valence-electron chi connectivity index (χ3n) is 3.72. The number of esters is 1. The van der Waals surface area contributed by atoms with E-state index in [1.807, 2.05) is 0 Å². The SMILES string of the molecule is COc1ccc(NC(=O)[C@@H](C)OC(=O)c2ccccc2[S@](C)=O)cc1OC. The first kappa shape index (κ1) is 20.4. The summed E-state index contributed by atoms with van der Waals surface area (Å²) in [5, 5.41) is 2.65. The second kappa shape index (κ2) is 9.18. The van der Waals surface area contributed by atoms with Crippen LogP contribution in [0.25, 0.3) is 0 Å². The second-order valence-corrected chi connectivity index (χ2v) is 6.90. The molecule has 0 spiro atoms. The molecule has 27 heavy (non-hydrogen) atoms. The number of hydrogen-bond acceptors (Lipinski definition) is 6. The van der Waals surface area contributed by atoms with Gasteiger partial charge in [-0.15, -0.1) is 0 Å². The zero-order chi connectivity index (χ0) is 20.0. The molecule has 0 aliphatic rings. The van der Waals surface area contributed by atoms with Crippen molar-refractivity contribution in [1.29, 1.82) is 0 Å². The summed E-state index contributed by atoms with van der Waals surface area (Å²) in [7, 11) is 1.65. The minimum absolute atomic E-state index is 0.170. The summed E-state index contributed by atoms with van der Waals surface area (Å²) in [6.45, 7) is 1.46. The number of benzene rings is 2. The summed E-state index contributed by atoms with van der Waals surface area (Å²) < 4.78 is 27.3. The van der Waals surface area contributed by atoms with Crippen molar-refractivity contribution in [2.45, 2.75) is 17.9 Å². The molecule has 0 aromatic heterocycles. The number of amides is 1. The summed E-state index contributed by atoms with van der Waals surface area (Å²) in [6.07, 6.45) is 0.420. The minimum Gasteiger partial charge on any atom is -0.493 e. The molecule has 144 valence electrons. The van der Waals surface area contributed by atoms with E-state index in [1.165, 1.54) is 33.5 Å². The highest BCUT2D eigenvalue weighted by molar-refractivity contribution is 7.84. The lowest BCUT2D eigenvalue weighted by Gasteiger charge is -2.15. The molecule has 2 aromatic rings. The first-order valence-electron chi connectivity index (χ1n) is 8.03. The highest BCUT2D eigenvalue weighted by atomic mass is 32.2. The monoisotopic (exact) mass is 391 g/mol. The van der Waals surface area contributed by atoms with Gasteiger partial charge in [0.05, 0.1) is 35.5 Å². The van der Waals surface area contributed by atoms with Crippen LogP contribution < -0.4 is 14.8 Å². The normalized spacial score (nSPS) is 12.6. The minimum atomic E-state index is -1.35. The standard InChI is InChI=1S/C19H21NO6S/c1-12(26-19(22)14-7-5-6-8-17(14)27(4)23)18(21)20-13-9-10-15(24-2)16(11-13)25-3/h5-12H,1-4H3,(H,20,21)/t12-,27+/m1/s1. The van der Waals surface area contributed by atoms with Crippen LogP contribution in [0.1, 0.15) is 17.3 Å². The quantitative estimate of drug-likeness (QED) is 0.730. The van der Waals surface area contributed by atoms with Gasteiger partial charge < -0.3 is 19.5 Å². The maximum Gasteiger partial charge on any atom is 0.340 e. The van der Waals surface area contributed by atoms with Gasteiger partial charge in [0.1, 0.15) is 0 Å². The molecular formula is C19H21NO6S. The molecule has 0 aliphatic heterocycles. The van der Waals surface area contributed by atoms with Gasteiger partial charge in [-0.25, -0.2) is 4.79 Å². The third-order valence-corrected chi connectivity index (χ3v) is 4.70. The van der Waals surface area contributed by atoms with E-state index in [2.05, 4.69) is 5.32 Å². The Kier molecular flexibility index (Phi) is 6.95. The Bertz CT molecular complexity index is 867. The van der Waals surface area contributed by atoms with Crippen LogP contribution >= 0.6 is 0 Å². The lowest BCUT2D eigenvalue weighted by molar-refractivity contribution is -0.123. The topological polar surface area (TPSA) is 90.9 Å². The molecule has 2 aromatic carbocycles. The number of nitrogens with one attached hydrogen (secondary N) is 1. The predicted octanol–water partition coefficient (Wildman–Crippen LogP) is 2.63. The fraction of sp³-hybridized carbons (Fsp3) is 0.263. The highest BCUT2D eigenvalue weighted by Gasteiger charge is 2.22. The Morgan fingerprint density at radius 3 is 2.33 bits per heavy atom. The van der Waals surface area contributed by atoms with Gasteiger partial charge in [0, 0.05) is 18.0 Å². The van der Waals surface area contributed by atoms with E-state index < -0.39 is 28.8 Å². The summed E-state index contributed by atoms with van der Waals surface area (Å²) in [6, 6.07) is 11.3. The first-order valence-corrected chi connectivity index (χ1v) is 9.59. The van der Waals surface area contributed by atoms with Gasteiger partial charge in [-0.05, 0) is 31.2 Å². The summed E-state index contributed by atoms with van der Waals surface area (Å²) in [5.41, 5.74) is 0.639. The van der Waals surface area contributed by atoms with Crippen LogP contribution in [0.5, 0.6) is 11.5 Å². The number of ether oxygens (including phenoxy) is 3. The molecule has 8 heteroatoms. The largest absolute Gasteiger partial charge is 0.493 e. The molecular weight excluding hydrogens is 370 g/mol. The van der Waals surface area contributed by atoms with Gasteiger partial charge in [0.2, 0.25) is 0 Å². The Hall–Kier alpha value is -2.87. The van der Waals surface area contributed by atoms with E-state index in [0.717, 1.165) is 0 Å². The van der Waals surface area contributed by atoms with Crippen LogP contribution in [-0.2, 0) is 20.3 Å². The Morgan fingerprint density at radius 1 is 1.04 bits per heavy atom. The lowest BCUT2D eigenvalue weighted by atomic mass is 10.2. The highest BCUT2D eigenvalue weighted by Crippen LogP contribution is 2.29. The second-order valence-electron chi connectivity index (χ2n) is 5.56. The predicted molar refractivity (Wildman–Crippen MR) is 102 cm³/mol. The van der Waals surface area contributed by atoms with E-state index >= 15 is 0 Å². The molecule has 0 saturated carbocycles. The average molecular weight is 391 g/mol. The van der Waals surface area contributed by atoms with Gasteiger partial charge in [0.15, 0.2) is 17.6 Å². The maximum absolute atomic E-state index is 12.3. The summed E-state index contributed by atoms with van der Waals surface area (Å²) >= 11 is 0. The molecule has 1 N–H and O–H groups in total. The van der Waals surface area contributed by atoms with Crippen molar-refractivity contribution < 1.29 is 28.0 Å². The number of anilines is 1. The van der Waals surface area contributed by atoms with Gasteiger partial charge in [-0.1, -0.05) is 12.1 Å². The number of hydrogen-bond donors (Lipinski definition) is 1. The van der Waals surface area contributed by atoms with Crippen LogP contribution in [0.2, 0.25) is 0 Å².